The van der Waals surface area contributed by atoms with Crippen LogP contribution in [-0.4, -0.2) is 49.2 Å². The Morgan fingerprint density at radius 3 is 2.53 bits per heavy atom. The number of sulfonamides is 1. The molecule has 1 aliphatic rings. The fourth-order valence-electron chi connectivity index (χ4n) is 4.01. The Morgan fingerprint density at radius 2 is 1.84 bits per heavy atom. The number of piperidine rings is 1. The van der Waals surface area contributed by atoms with Crippen LogP contribution >= 0.6 is 0 Å². The molecule has 32 heavy (non-hydrogen) atoms. The van der Waals surface area contributed by atoms with Crippen LogP contribution in [0, 0.1) is 0 Å². The number of nitrogens with zero attached hydrogens (tertiary/aromatic N) is 2. The molecular weight excluding hydrogens is 422 g/mol. The molecule has 2 aromatic rings. The molecule has 0 bridgehead atoms. The molecule has 1 fully saturated rings. The number of hydrogen-bond donors (Lipinski definition) is 1. The summed E-state index contributed by atoms with van der Waals surface area (Å²) in [5.41, 5.74) is 2.64. The zero-order valence-corrected chi connectivity index (χ0v) is 20.4. The molecule has 1 amide bonds. The number of amides is 1. The van der Waals surface area contributed by atoms with Gasteiger partial charge in [-0.15, -0.1) is 0 Å². The molecule has 1 N–H and O–H groups in total. The van der Waals surface area contributed by atoms with Gasteiger partial charge < -0.3 is 5.32 Å². The number of hydrogen-bond acceptors (Lipinski definition) is 4. The van der Waals surface area contributed by atoms with E-state index in [1.807, 2.05) is 32.0 Å². The van der Waals surface area contributed by atoms with Crippen LogP contribution in [-0.2, 0) is 23.1 Å². The minimum Gasteiger partial charge on any atom is -0.348 e. The van der Waals surface area contributed by atoms with Gasteiger partial charge in [0.05, 0.1) is 4.90 Å². The molecular formula is C25H35N3O3S. The van der Waals surface area contributed by atoms with E-state index in [1.165, 1.54) is 41.3 Å². The molecule has 174 valence electrons. The van der Waals surface area contributed by atoms with Crippen molar-refractivity contribution < 1.29 is 13.2 Å². The number of carbonyl (C=O) groups excluding carboxylic acids is 1. The lowest BCUT2D eigenvalue weighted by molar-refractivity contribution is 0.0950. The number of nitrogens with one attached hydrogen (secondary N) is 1. The second-order valence-corrected chi connectivity index (χ2v) is 10.9. The molecule has 3 rings (SSSR count). The Kier molecular flexibility index (Phi) is 8.09. The summed E-state index contributed by atoms with van der Waals surface area (Å²) in [5, 5.41) is 2.97. The van der Waals surface area contributed by atoms with Crippen LogP contribution < -0.4 is 5.32 Å². The van der Waals surface area contributed by atoms with Crippen LogP contribution in [0.25, 0.3) is 0 Å². The monoisotopic (exact) mass is 457 g/mol. The third-order valence-electron chi connectivity index (χ3n) is 6.37. The Hall–Kier alpha value is -2.22. The van der Waals surface area contributed by atoms with Crippen LogP contribution in [0.1, 0.15) is 61.5 Å². The van der Waals surface area contributed by atoms with Crippen molar-refractivity contribution in [2.45, 2.75) is 70.1 Å². The summed E-state index contributed by atoms with van der Waals surface area (Å²) in [5.74, 6) is -0.282. The summed E-state index contributed by atoms with van der Waals surface area (Å²) in [6.07, 6.45) is 3.75. The van der Waals surface area contributed by atoms with Gasteiger partial charge in [0, 0.05) is 37.8 Å². The van der Waals surface area contributed by atoms with Crippen molar-refractivity contribution in [3.8, 4) is 0 Å². The van der Waals surface area contributed by atoms with Gasteiger partial charge in [-0.05, 0) is 69.5 Å². The van der Waals surface area contributed by atoms with Gasteiger partial charge in [0.25, 0.3) is 5.91 Å². The van der Waals surface area contributed by atoms with E-state index >= 15 is 0 Å². The van der Waals surface area contributed by atoms with Crippen LogP contribution in [0.2, 0.25) is 0 Å². The number of likely N-dealkylation sites (tertiary alicyclic amines) is 1. The quantitative estimate of drug-likeness (QED) is 0.650. The topological polar surface area (TPSA) is 69.7 Å². The molecule has 2 aromatic carbocycles. The third-order valence-corrected chi connectivity index (χ3v) is 8.40. The van der Waals surface area contributed by atoms with Crippen LogP contribution in [0.15, 0.2) is 53.4 Å². The Labute approximate surface area is 192 Å². The lowest BCUT2D eigenvalue weighted by Crippen LogP contribution is -2.37. The number of rotatable bonds is 8. The van der Waals surface area contributed by atoms with E-state index in [4.69, 9.17) is 0 Å². The molecule has 0 saturated carbocycles. The maximum atomic E-state index is 12.8. The first-order valence-corrected chi connectivity index (χ1v) is 12.8. The van der Waals surface area contributed by atoms with Gasteiger partial charge in [-0.1, -0.05) is 36.8 Å². The Morgan fingerprint density at radius 1 is 1.12 bits per heavy atom. The standard InChI is InChI=1S/C25H35N3O3S/c1-19(2)27(4)32(30,31)24-14-9-13-21(16-24)25(29)26-17-22-11-5-6-12-23(22)18-28-15-8-7-10-20(28)3/h5-6,9,11-14,16,19-20H,7-8,10,15,17-18H2,1-4H3,(H,26,29). The van der Waals surface area contributed by atoms with E-state index in [0.29, 0.717) is 18.2 Å². The highest BCUT2D eigenvalue weighted by Crippen LogP contribution is 2.21. The fraction of sp³-hybridized carbons (Fsp3) is 0.480. The normalized spacial score (nSPS) is 17.6. The maximum Gasteiger partial charge on any atom is 0.251 e. The summed E-state index contributed by atoms with van der Waals surface area (Å²) in [6.45, 7) is 8.30. The van der Waals surface area contributed by atoms with Gasteiger partial charge in [0.1, 0.15) is 0 Å². The van der Waals surface area contributed by atoms with E-state index in [1.54, 1.807) is 19.2 Å². The van der Waals surface area contributed by atoms with Gasteiger partial charge in [0.15, 0.2) is 0 Å². The first kappa shape index (κ1) is 24.4. The molecule has 1 unspecified atom stereocenters. The first-order chi connectivity index (χ1) is 15.2. The van der Waals surface area contributed by atoms with E-state index in [0.717, 1.165) is 18.7 Å². The molecule has 1 aliphatic heterocycles. The summed E-state index contributed by atoms with van der Waals surface area (Å²) in [6, 6.07) is 14.8. The fourth-order valence-corrected chi connectivity index (χ4v) is 5.43. The molecule has 0 radical (unpaired) electrons. The maximum absolute atomic E-state index is 12.8. The summed E-state index contributed by atoms with van der Waals surface area (Å²) >= 11 is 0. The first-order valence-electron chi connectivity index (χ1n) is 11.4. The van der Waals surface area contributed by atoms with Gasteiger partial charge in [-0.25, -0.2) is 8.42 Å². The Bertz CT molecular complexity index is 1040. The molecule has 1 saturated heterocycles. The smallest absolute Gasteiger partial charge is 0.251 e. The molecule has 0 aliphatic carbocycles. The molecule has 1 atom stereocenters. The van der Waals surface area contributed by atoms with Crippen molar-refractivity contribution >= 4 is 15.9 Å². The molecule has 1 heterocycles. The highest BCUT2D eigenvalue weighted by atomic mass is 32.2. The molecule has 7 heteroatoms. The van der Waals surface area contributed by atoms with Crippen molar-refractivity contribution in [1.29, 1.82) is 0 Å². The second kappa shape index (κ2) is 10.6. The van der Waals surface area contributed by atoms with Gasteiger partial charge in [-0.2, -0.15) is 4.31 Å². The minimum atomic E-state index is -3.64. The van der Waals surface area contributed by atoms with Gasteiger partial charge in [-0.3, -0.25) is 9.69 Å². The lowest BCUT2D eigenvalue weighted by atomic mass is 10.0. The van der Waals surface area contributed by atoms with Crippen molar-refractivity contribution in [1.82, 2.24) is 14.5 Å². The SMILES string of the molecule is CC1CCCCN1Cc1ccccc1CNC(=O)c1cccc(S(=O)(=O)N(C)C(C)C)c1. The van der Waals surface area contributed by atoms with Crippen molar-refractivity contribution in [3.63, 3.8) is 0 Å². The highest BCUT2D eigenvalue weighted by molar-refractivity contribution is 7.89. The summed E-state index contributed by atoms with van der Waals surface area (Å²) in [4.78, 5) is 15.5. The summed E-state index contributed by atoms with van der Waals surface area (Å²) in [7, 11) is -2.09. The van der Waals surface area contributed by atoms with E-state index in [9.17, 15) is 13.2 Å². The third kappa shape index (κ3) is 5.77. The van der Waals surface area contributed by atoms with E-state index in [2.05, 4.69) is 23.2 Å². The predicted octanol–water partition coefficient (Wildman–Crippen LogP) is 4.02. The van der Waals surface area contributed by atoms with Crippen molar-refractivity contribution in [3.05, 3.63) is 65.2 Å². The zero-order valence-electron chi connectivity index (χ0n) is 19.5. The van der Waals surface area contributed by atoms with Crippen LogP contribution in [0.4, 0.5) is 0 Å². The number of benzene rings is 2. The molecule has 6 nitrogen and oxygen atoms in total. The van der Waals surface area contributed by atoms with E-state index in [-0.39, 0.29) is 16.8 Å². The van der Waals surface area contributed by atoms with E-state index < -0.39 is 10.0 Å². The largest absolute Gasteiger partial charge is 0.348 e. The zero-order chi connectivity index (χ0) is 23.3. The Balaban J connectivity index is 1.70. The summed E-state index contributed by atoms with van der Waals surface area (Å²) < 4.78 is 26.9. The minimum absolute atomic E-state index is 0.126. The molecule has 0 spiro atoms. The molecule has 0 aromatic heterocycles. The number of carbonyl (C=O) groups is 1. The van der Waals surface area contributed by atoms with Crippen molar-refractivity contribution in [2.75, 3.05) is 13.6 Å². The van der Waals surface area contributed by atoms with Crippen molar-refractivity contribution in [2.24, 2.45) is 0 Å². The van der Waals surface area contributed by atoms with Gasteiger partial charge >= 0.3 is 0 Å². The highest BCUT2D eigenvalue weighted by Gasteiger charge is 2.24. The second-order valence-electron chi connectivity index (χ2n) is 8.91. The average molecular weight is 458 g/mol. The van der Waals surface area contributed by atoms with Crippen LogP contribution in [0.5, 0.6) is 0 Å². The van der Waals surface area contributed by atoms with Gasteiger partial charge in [0.2, 0.25) is 10.0 Å². The average Bonchev–Trinajstić information content (AvgIpc) is 2.79. The predicted molar refractivity (Wildman–Crippen MR) is 128 cm³/mol. The lowest BCUT2D eigenvalue weighted by Gasteiger charge is -2.33. The van der Waals surface area contributed by atoms with Crippen LogP contribution in [0.3, 0.4) is 0 Å².